The Bertz CT molecular complexity index is 1760. The number of amides is 3. The van der Waals surface area contributed by atoms with Gasteiger partial charge in [-0.1, -0.05) is 62.9 Å². The molecule has 0 spiro atoms. The third kappa shape index (κ3) is 8.50. The summed E-state index contributed by atoms with van der Waals surface area (Å²) in [5.41, 5.74) is 3.96. The summed E-state index contributed by atoms with van der Waals surface area (Å²) in [6.07, 6.45) is -2.59. The smallest absolute Gasteiger partial charge is 0.497 e. The van der Waals surface area contributed by atoms with E-state index >= 15 is 0 Å². The summed E-state index contributed by atoms with van der Waals surface area (Å²) in [6, 6.07) is 18.1. The molecule has 47 heavy (non-hydrogen) atoms. The van der Waals surface area contributed by atoms with E-state index in [0.29, 0.717) is 41.1 Å². The number of urea groups is 1. The van der Waals surface area contributed by atoms with E-state index in [1.54, 1.807) is 13.2 Å². The molecular formula is C33H33F3N6O4S. The average molecular weight is 667 g/mol. The zero-order chi connectivity index (χ0) is 33.7. The summed E-state index contributed by atoms with van der Waals surface area (Å²) in [5.74, 6) is 1.02. The van der Waals surface area contributed by atoms with Crippen molar-refractivity contribution in [3.8, 4) is 28.6 Å². The standard InChI is InChI=1S/C33H33F3N6O4S/c1-20(2)27-14-13-26(45-4)16-28(27)42-29(43)18-47-32(42)39-31(44)37-17-21(3)15-22-5-7-23(8-6-22)30-38-19-41(40-30)24-9-11-25(12-10-24)46-33(34,35)36/h5-14,16,19-21H,15,17-18H2,1-4H3,(H,37,44). The highest BCUT2D eigenvalue weighted by molar-refractivity contribution is 8.15. The number of nitrogens with zero attached hydrogens (tertiary/aromatic N) is 5. The van der Waals surface area contributed by atoms with Gasteiger partial charge < -0.3 is 14.8 Å². The zero-order valence-electron chi connectivity index (χ0n) is 26.1. The van der Waals surface area contributed by atoms with Crippen molar-refractivity contribution in [2.24, 2.45) is 10.9 Å². The third-order valence-electron chi connectivity index (χ3n) is 7.29. The van der Waals surface area contributed by atoms with Gasteiger partial charge in [0, 0.05) is 18.2 Å². The highest BCUT2D eigenvalue weighted by atomic mass is 32.2. The number of carbonyl (C=O) groups excluding carboxylic acids is 2. The molecule has 2 heterocycles. The lowest BCUT2D eigenvalue weighted by molar-refractivity contribution is -0.274. The fourth-order valence-corrected chi connectivity index (χ4v) is 5.85. The molecule has 1 atom stereocenters. The molecule has 1 aliphatic rings. The van der Waals surface area contributed by atoms with Crippen molar-refractivity contribution in [3.63, 3.8) is 0 Å². The second-order valence-corrected chi connectivity index (χ2v) is 12.2. The summed E-state index contributed by atoms with van der Waals surface area (Å²) < 4.78 is 48.0. The van der Waals surface area contributed by atoms with Crippen LogP contribution in [0.4, 0.5) is 23.7 Å². The summed E-state index contributed by atoms with van der Waals surface area (Å²) in [6.45, 7) is 6.47. The number of halogens is 3. The molecule has 3 aromatic carbocycles. The minimum atomic E-state index is -4.76. The number of nitrogens with one attached hydrogen (secondary N) is 1. The van der Waals surface area contributed by atoms with Gasteiger partial charge in [0.05, 0.1) is 24.2 Å². The van der Waals surface area contributed by atoms with Crippen LogP contribution in [0.25, 0.3) is 17.1 Å². The first-order valence-corrected chi connectivity index (χ1v) is 15.8. The van der Waals surface area contributed by atoms with Crippen LogP contribution in [0.3, 0.4) is 0 Å². The Kier molecular flexibility index (Phi) is 10.2. The highest BCUT2D eigenvalue weighted by Crippen LogP contribution is 2.36. The molecule has 246 valence electrons. The number of amidine groups is 1. The molecule has 1 N–H and O–H groups in total. The summed E-state index contributed by atoms with van der Waals surface area (Å²) in [5, 5.41) is 7.62. The molecule has 4 aromatic rings. The first-order chi connectivity index (χ1) is 22.4. The molecular weight excluding hydrogens is 633 g/mol. The number of anilines is 1. The Morgan fingerprint density at radius 3 is 2.40 bits per heavy atom. The van der Waals surface area contributed by atoms with E-state index < -0.39 is 12.4 Å². The van der Waals surface area contributed by atoms with Gasteiger partial charge >= 0.3 is 12.4 Å². The molecule has 5 rings (SSSR count). The van der Waals surface area contributed by atoms with E-state index in [2.05, 4.69) is 25.1 Å². The minimum absolute atomic E-state index is 0.0894. The maximum absolute atomic E-state index is 12.8. The van der Waals surface area contributed by atoms with E-state index in [-0.39, 0.29) is 29.2 Å². The molecule has 0 aliphatic carbocycles. The van der Waals surface area contributed by atoms with Crippen molar-refractivity contribution >= 4 is 34.6 Å². The van der Waals surface area contributed by atoms with Gasteiger partial charge in [-0.2, -0.15) is 4.99 Å². The molecule has 0 radical (unpaired) electrons. The monoisotopic (exact) mass is 666 g/mol. The maximum atomic E-state index is 12.8. The fourth-order valence-electron chi connectivity index (χ4n) is 4.99. The van der Waals surface area contributed by atoms with Crippen LogP contribution < -0.4 is 19.7 Å². The second-order valence-electron chi connectivity index (χ2n) is 11.2. The van der Waals surface area contributed by atoms with Gasteiger partial charge in [0.15, 0.2) is 11.0 Å². The molecule has 10 nitrogen and oxygen atoms in total. The second kappa shape index (κ2) is 14.3. The average Bonchev–Trinajstić information content (AvgIpc) is 3.66. The number of aromatic nitrogens is 3. The van der Waals surface area contributed by atoms with Crippen LogP contribution in [-0.4, -0.2) is 57.6 Å². The van der Waals surface area contributed by atoms with Crippen molar-refractivity contribution < 1.29 is 32.2 Å². The van der Waals surface area contributed by atoms with E-state index in [9.17, 15) is 22.8 Å². The normalized spacial score (nSPS) is 14.9. The Morgan fingerprint density at radius 2 is 1.74 bits per heavy atom. The minimum Gasteiger partial charge on any atom is -0.497 e. The lowest BCUT2D eigenvalue weighted by Crippen LogP contribution is -2.33. The number of rotatable bonds is 10. The van der Waals surface area contributed by atoms with Crippen molar-refractivity contribution in [1.29, 1.82) is 0 Å². The fraction of sp³-hybridized carbons (Fsp3) is 0.303. The van der Waals surface area contributed by atoms with Crippen molar-refractivity contribution in [2.75, 3.05) is 24.3 Å². The predicted molar refractivity (Wildman–Crippen MR) is 174 cm³/mol. The number of hydrogen-bond donors (Lipinski definition) is 1. The molecule has 0 saturated carbocycles. The predicted octanol–water partition coefficient (Wildman–Crippen LogP) is 6.99. The Balaban J connectivity index is 1.17. The quantitative estimate of drug-likeness (QED) is 0.194. The SMILES string of the molecule is COc1ccc(C(C)C)c(N2C(=O)CSC2=NC(=O)NCC(C)Cc2ccc(-c3ncn(-c4ccc(OC(F)(F)F)cc4)n3)cc2)c1. The van der Waals surface area contributed by atoms with Crippen LogP contribution in [0.2, 0.25) is 0 Å². The summed E-state index contributed by atoms with van der Waals surface area (Å²) in [7, 11) is 1.56. The first-order valence-electron chi connectivity index (χ1n) is 14.8. The lowest BCUT2D eigenvalue weighted by Gasteiger charge is -2.22. The third-order valence-corrected chi connectivity index (χ3v) is 8.21. The van der Waals surface area contributed by atoms with Gasteiger partial charge in [0.2, 0.25) is 5.91 Å². The van der Waals surface area contributed by atoms with Crippen LogP contribution >= 0.6 is 11.8 Å². The number of thioether (sulfide) groups is 1. The van der Waals surface area contributed by atoms with Gasteiger partial charge in [-0.25, -0.2) is 14.5 Å². The summed E-state index contributed by atoms with van der Waals surface area (Å²) in [4.78, 5) is 35.7. The van der Waals surface area contributed by atoms with Gasteiger partial charge in [-0.05, 0) is 59.7 Å². The number of hydrogen-bond acceptors (Lipinski definition) is 7. The highest BCUT2D eigenvalue weighted by Gasteiger charge is 2.33. The topological polar surface area (TPSA) is 111 Å². The van der Waals surface area contributed by atoms with Gasteiger partial charge in [-0.15, -0.1) is 18.3 Å². The van der Waals surface area contributed by atoms with Gasteiger partial charge in [-0.3, -0.25) is 9.69 Å². The molecule has 1 fully saturated rings. The summed E-state index contributed by atoms with van der Waals surface area (Å²) >= 11 is 1.23. The number of carbonyl (C=O) groups is 2. The van der Waals surface area contributed by atoms with E-state index in [1.807, 2.05) is 57.2 Å². The van der Waals surface area contributed by atoms with Crippen LogP contribution in [0.15, 0.2) is 78.0 Å². The van der Waals surface area contributed by atoms with Crippen molar-refractivity contribution in [1.82, 2.24) is 20.1 Å². The Labute approximate surface area is 274 Å². The molecule has 1 unspecified atom stereocenters. The van der Waals surface area contributed by atoms with Gasteiger partial charge in [0.25, 0.3) is 0 Å². The Morgan fingerprint density at radius 1 is 1.04 bits per heavy atom. The maximum Gasteiger partial charge on any atom is 0.573 e. The lowest BCUT2D eigenvalue weighted by atomic mass is 10.00. The number of aliphatic imine (C=N–C) groups is 1. The van der Waals surface area contributed by atoms with Crippen molar-refractivity contribution in [2.45, 2.75) is 39.5 Å². The number of alkyl halides is 3. The van der Waals surface area contributed by atoms with Gasteiger partial charge in [0.1, 0.15) is 17.8 Å². The molecule has 1 aromatic heterocycles. The van der Waals surface area contributed by atoms with Crippen LogP contribution in [-0.2, 0) is 11.2 Å². The van der Waals surface area contributed by atoms with E-state index in [1.165, 1.54) is 51.9 Å². The molecule has 0 bridgehead atoms. The number of benzene rings is 3. The Hall–Kier alpha value is -4.85. The van der Waals surface area contributed by atoms with E-state index in [0.717, 1.165) is 16.7 Å². The zero-order valence-corrected chi connectivity index (χ0v) is 26.9. The first kappa shape index (κ1) is 33.5. The van der Waals surface area contributed by atoms with Crippen molar-refractivity contribution in [3.05, 3.63) is 84.2 Å². The van der Waals surface area contributed by atoms with E-state index in [4.69, 9.17) is 4.74 Å². The number of methoxy groups -OCH3 is 1. The molecule has 14 heteroatoms. The van der Waals surface area contributed by atoms with Crippen LogP contribution in [0.5, 0.6) is 11.5 Å². The molecule has 3 amide bonds. The molecule has 1 saturated heterocycles. The van der Waals surface area contributed by atoms with Crippen LogP contribution in [0, 0.1) is 5.92 Å². The largest absolute Gasteiger partial charge is 0.573 e. The van der Waals surface area contributed by atoms with Crippen LogP contribution in [0.1, 0.15) is 37.8 Å². The molecule has 1 aliphatic heterocycles. The number of ether oxygens (including phenoxy) is 2.